The third-order valence-corrected chi connectivity index (χ3v) is 1.57. The predicted molar refractivity (Wildman–Crippen MR) is 39.7 cm³/mol. The average molecular weight is 154 g/mol. The summed E-state index contributed by atoms with van der Waals surface area (Å²) >= 11 is 0. The van der Waals surface area contributed by atoms with Crippen LogP contribution in [0.3, 0.4) is 0 Å². The molecule has 0 aliphatic heterocycles. The lowest BCUT2D eigenvalue weighted by molar-refractivity contribution is -0.116. The normalized spacial score (nSPS) is 15.8. The van der Waals surface area contributed by atoms with Crippen LogP contribution < -0.4 is 11.1 Å². The second kappa shape index (κ2) is 3.18. The number of nitrogens with two attached hydrogens (primary N) is 1. The van der Waals surface area contributed by atoms with Gasteiger partial charge in [0.2, 0.25) is 0 Å². The van der Waals surface area contributed by atoms with Crippen molar-refractivity contribution < 1.29 is 9.59 Å². The summed E-state index contributed by atoms with van der Waals surface area (Å²) in [5.74, 6) is -0.352. The van der Waals surface area contributed by atoms with Gasteiger partial charge in [0.15, 0.2) is 0 Å². The Morgan fingerprint density at radius 1 is 1.55 bits per heavy atom. The number of hydrogen-bond donors (Lipinski definition) is 2. The first kappa shape index (κ1) is 7.78. The number of amides is 3. The third kappa shape index (κ3) is 2.07. The quantitative estimate of drug-likeness (QED) is 0.569. The topological polar surface area (TPSA) is 72.2 Å². The van der Waals surface area contributed by atoms with Gasteiger partial charge in [-0.05, 0) is 19.3 Å². The molecular formula is C7H10N2O2. The number of urea groups is 1. The highest BCUT2D eigenvalue weighted by Gasteiger charge is 2.13. The Balaban J connectivity index is 2.47. The van der Waals surface area contributed by atoms with Crippen molar-refractivity contribution in [2.45, 2.75) is 19.3 Å². The lowest BCUT2D eigenvalue weighted by atomic mass is 10.2. The Bertz CT molecular complexity index is 220. The number of allylic oxidation sites excluding steroid dienone is 1. The highest BCUT2D eigenvalue weighted by atomic mass is 16.2. The van der Waals surface area contributed by atoms with E-state index in [1.165, 1.54) is 0 Å². The van der Waals surface area contributed by atoms with Gasteiger partial charge >= 0.3 is 6.03 Å². The maximum atomic E-state index is 11.0. The van der Waals surface area contributed by atoms with Gasteiger partial charge in [0.25, 0.3) is 5.91 Å². The van der Waals surface area contributed by atoms with E-state index in [0.717, 1.165) is 19.3 Å². The second-order valence-corrected chi connectivity index (χ2v) is 2.44. The van der Waals surface area contributed by atoms with Crippen molar-refractivity contribution in [3.8, 4) is 0 Å². The number of carbonyl (C=O) groups is 2. The third-order valence-electron chi connectivity index (χ3n) is 1.57. The molecule has 0 aromatic heterocycles. The van der Waals surface area contributed by atoms with Crippen molar-refractivity contribution >= 4 is 11.9 Å². The summed E-state index contributed by atoms with van der Waals surface area (Å²) in [4.78, 5) is 21.2. The van der Waals surface area contributed by atoms with Crippen molar-refractivity contribution in [2.75, 3.05) is 0 Å². The standard InChI is InChI=1S/C7H10N2O2/c8-7(11)9-6(10)5-3-1-2-4-5/h3H,1-2,4H2,(H3,8,9,10,11). The molecule has 4 nitrogen and oxygen atoms in total. The summed E-state index contributed by atoms with van der Waals surface area (Å²) in [6.07, 6.45) is 4.49. The van der Waals surface area contributed by atoms with Crippen molar-refractivity contribution in [3.63, 3.8) is 0 Å². The zero-order valence-electron chi connectivity index (χ0n) is 6.09. The van der Waals surface area contributed by atoms with Crippen molar-refractivity contribution in [2.24, 2.45) is 5.73 Å². The van der Waals surface area contributed by atoms with E-state index in [4.69, 9.17) is 5.73 Å². The molecular weight excluding hydrogens is 144 g/mol. The number of carbonyl (C=O) groups excluding carboxylic acids is 2. The summed E-state index contributed by atoms with van der Waals surface area (Å²) in [5, 5.41) is 2.02. The van der Waals surface area contributed by atoms with Gasteiger partial charge in [-0.3, -0.25) is 10.1 Å². The van der Waals surface area contributed by atoms with Crippen LogP contribution in [0.5, 0.6) is 0 Å². The monoisotopic (exact) mass is 154 g/mol. The van der Waals surface area contributed by atoms with Crippen LogP contribution in [0.25, 0.3) is 0 Å². The molecule has 0 saturated heterocycles. The molecule has 1 aliphatic rings. The van der Waals surface area contributed by atoms with E-state index < -0.39 is 6.03 Å². The maximum absolute atomic E-state index is 11.0. The van der Waals surface area contributed by atoms with Gasteiger partial charge in [-0.1, -0.05) is 6.08 Å². The minimum atomic E-state index is -0.789. The Morgan fingerprint density at radius 2 is 2.27 bits per heavy atom. The maximum Gasteiger partial charge on any atom is 0.319 e. The number of imide groups is 1. The van der Waals surface area contributed by atoms with Gasteiger partial charge in [0.05, 0.1) is 0 Å². The molecule has 0 unspecified atom stereocenters. The Morgan fingerprint density at radius 3 is 2.73 bits per heavy atom. The van der Waals surface area contributed by atoms with Gasteiger partial charge in [-0.15, -0.1) is 0 Å². The molecule has 0 fully saturated rings. The molecule has 0 bridgehead atoms. The van der Waals surface area contributed by atoms with Gasteiger partial charge in [0.1, 0.15) is 0 Å². The molecule has 0 heterocycles. The fourth-order valence-corrected chi connectivity index (χ4v) is 1.07. The van der Waals surface area contributed by atoms with Crippen LogP contribution in [-0.2, 0) is 4.79 Å². The number of nitrogens with one attached hydrogen (secondary N) is 1. The van der Waals surface area contributed by atoms with E-state index in [-0.39, 0.29) is 5.91 Å². The van der Waals surface area contributed by atoms with Crippen LogP contribution in [0.4, 0.5) is 4.79 Å². The molecule has 0 spiro atoms. The molecule has 4 heteroatoms. The lowest BCUT2D eigenvalue weighted by Gasteiger charge is -1.99. The fourth-order valence-electron chi connectivity index (χ4n) is 1.07. The minimum absolute atomic E-state index is 0.352. The van der Waals surface area contributed by atoms with Crippen LogP contribution in [-0.4, -0.2) is 11.9 Å². The van der Waals surface area contributed by atoms with E-state index in [1.54, 1.807) is 0 Å². The number of hydrogen-bond acceptors (Lipinski definition) is 2. The minimum Gasteiger partial charge on any atom is -0.351 e. The molecule has 0 aromatic carbocycles. The number of primary amides is 1. The van der Waals surface area contributed by atoms with Crippen LogP contribution in [0.2, 0.25) is 0 Å². The summed E-state index contributed by atoms with van der Waals surface area (Å²) < 4.78 is 0. The SMILES string of the molecule is NC(=O)NC(=O)C1=CCCC1. The van der Waals surface area contributed by atoms with Gasteiger partial charge in [-0.2, -0.15) is 0 Å². The van der Waals surface area contributed by atoms with Crippen molar-refractivity contribution in [1.82, 2.24) is 5.32 Å². The molecule has 0 radical (unpaired) electrons. The van der Waals surface area contributed by atoms with Crippen LogP contribution >= 0.6 is 0 Å². The Labute approximate surface area is 64.4 Å². The van der Waals surface area contributed by atoms with E-state index in [2.05, 4.69) is 0 Å². The van der Waals surface area contributed by atoms with E-state index in [9.17, 15) is 9.59 Å². The largest absolute Gasteiger partial charge is 0.351 e. The predicted octanol–water partition coefficient (Wildman–Crippen LogP) is 0.292. The molecule has 11 heavy (non-hydrogen) atoms. The lowest BCUT2D eigenvalue weighted by Crippen LogP contribution is -2.35. The summed E-state index contributed by atoms with van der Waals surface area (Å²) in [6.45, 7) is 0. The molecule has 0 aromatic rings. The molecule has 1 aliphatic carbocycles. The number of rotatable bonds is 1. The van der Waals surface area contributed by atoms with Crippen molar-refractivity contribution in [1.29, 1.82) is 0 Å². The van der Waals surface area contributed by atoms with E-state index >= 15 is 0 Å². The highest BCUT2D eigenvalue weighted by Crippen LogP contribution is 2.16. The van der Waals surface area contributed by atoms with Gasteiger partial charge in [0, 0.05) is 5.57 Å². The molecule has 60 valence electrons. The first-order chi connectivity index (χ1) is 5.20. The first-order valence-electron chi connectivity index (χ1n) is 3.50. The zero-order valence-corrected chi connectivity index (χ0v) is 6.09. The van der Waals surface area contributed by atoms with Crippen molar-refractivity contribution in [3.05, 3.63) is 11.6 Å². The van der Waals surface area contributed by atoms with Crippen LogP contribution in [0, 0.1) is 0 Å². The van der Waals surface area contributed by atoms with E-state index in [0.29, 0.717) is 5.57 Å². The first-order valence-corrected chi connectivity index (χ1v) is 3.50. The van der Waals surface area contributed by atoms with Gasteiger partial charge < -0.3 is 5.73 Å². The van der Waals surface area contributed by atoms with Gasteiger partial charge in [-0.25, -0.2) is 4.79 Å². The van der Waals surface area contributed by atoms with Crippen LogP contribution in [0.1, 0.15) is 19.3 Å². The highest BCUT2D eigenvalue weighted by molar-refractivity contribution is 6.03. The van der Waals surface area contributed by atoms with E-state index in [1.807, 2.05) is 11.4 Å². The zero-order chi connectivity index (χ0) is 8.27. The molecule has 3 amide bonds. The molecule has 0 atom stereocenters. The smallest absolute Gasteiger partial charge is 0.319 e. The Kier molecular flexibility index (Phi) is 2.25. The van der Waals surface area contributed by atoms with Crippen LogP contribution in [0.15, 0.2) is 11.6 Å². The fraction of sp³-hybridized carbons (Fsp3) is 0.429. The summed E-state index contributed by atoms with van der Waals surface area (Å²) in [5.41, 5.74) is 5.43. The summed E-state index contributed by atoms with van der Waals surface area (Å²) in [7, 11) is 0. The average Bonchev–Trinajstić information content (AvgIpc) is 2.35. The molecule has 0 saturated carbocycles. The molecule has 1 rings (SSSR count). The molecule has 3 N–H and O–H groups in total. The Hall–Kier alpha value is -1.32. The summed E-state index contributed by atoms with van der Waals surface area (Å²) in [6, 6.07) is -0.789. The second-order valence-electron chi connectivity index (χ2n) is 2.44.